The molecule has 1 rings (SSSR count). The van der Waals surface area contributed by atoms with Crippen LogP contribution in [0.3, 0.4) is 0 Å². The van der Waals surface area contributed by atoms with Crippen molar-refractivity contribution in [2.45, 2.75) is 25.4 Å². The van der Waals surface area contributed by atoms with Crippen molar-refractivity contribution in [2.75, 3.05) is 25.1 Å². The van der Waals surface area contributed by atoms with Crippen molar-refractivity contribution in [3.8, 4) is 0 Å². The Bertz CT molecular complexity index is 196. The van der Waals surface area contributed by atoms with Crippen LogP contribution in [-0.4, -0.2) is 42.1 Å². The van der Waals surface area contributed by atoms with E-state index >= 15 is 0 Å². The number of hydrazine groups is 1. The molecule has 2 atom stereocenters. The summed E-state index contributed by atoms with van der Waals surface area (Å²) in [4.78, 5) is 2.39. The lowest BCUT2D eigenvalue weighted by Gasteiger charge is -2.37. The van der Waals surface area contributed by atoms with Gasteiger partial charge in [-0.25, -0.2) is 0 Å². The molecule has 0 amide bonds. The Labute approximate surface area is 91.1 Å². The average molecular weight is 215 g/mol. The highest BCUT2D eigenvalue weighted by atomic mass is 32.2. The van der Waals surface area contributed by atoms with Gasteiger partial charge < -0.3 is 4.90 Å². The van der Waals surface area contributed by atoms with Gasteiger partial charge in [0, 0.05) is 30.1 Å². The smallest absolute Gasteiger partial charge is 0.0410 e. The molecule has 1 aliphatic heterocycles. The van der Waals surface area contributed by atoms with E-state index in [1.54, 1.807) is 0 Å². The van der Waals surface area contributed by atoms with Crippen LogP contribution in [0.25, 0.3) is 0 Å². The van der Waals surface area contributed by atoms with Gasteiger partial charge in [0.1, 0.15) is 0 Å². The summed E-state index contributed by atoms with van der Waals surface area (Å²) in [7, 11) is 2.17. The van der Waals surface area contributed by atoms with E-state index in [-0.39, 0.29) is 0 Å². The van der Waals surface area contributed by atoms with Crippen LogP contribution in [0.2, 0.25) is 0 Å². The quantitative estimate of drug-likeness (QED) is 0.414. The Hall–Kier alpha value is -0.0300. The highest BCUT2D eigenvalue weighted by Crippen LogP contribution is 2.20. The third-order valence-corrected chi connectivity index (χ3v) is 3.74. The molecule has 0 aromatic heterocycles. The number of nitrogens with one attached hydrogen (secondary N) is 1. The second-order valence-corrected chi connectivity index (χ2v) is 5.21. The maximum Gasteiger partial charge on any atom is 0.0410 e. The maximum absolute atomic E-state index is 5.59. The summed E-state index contributed by atoms with van der Waals surface area (Å²) in [6.07, 6.45) is 0.964. The molecule has 2 unspecified atom stereocenters. The minimum atomic E-state index is 0.338. The molecule has 1 aliphatic rings. The highest BCUT2D eigenvalue weighted by molar-refractivity contribution is 7.99. The van der Waals surface area contributed by atoms with Gasteiger partial charge in [-0.2, -0.15) is 11.8 Å². The molecule has 4 heteroatoms. The Morgan fingerprint density at radius 2 is 2.50 bits per heavy atom. The van der Waals surface area contributed by atoms with Gasteiger partial charge in [0.25, 0.3) is 0 Å². The molecule has 0 aromatic carbocycles. The van der Waals surface area contributed by atoms with Crippen molar-refractivity contribution in [1.82, 2.24) is 10.3 Å². The third kappa shape index (κ3) is 3.28. The fourth-order valence-corrected chi connectivity index (χ4v) is 3.12. The molecule has 0 aromatic rings. The molecular weight excluding hydrogens is 194 g/mol. The summed E-state index contributed by atoms with van der Waals surface area (Å²) in [5.41, 5.74) is 4.11. The SMILES string of the molecule is C=C(C)CC(NN)C1CSCCN1C. The van der Waals surface area contributed by atoms with E-state index in [1.807, 2.05) is 11.8 Å². The van der Waals surface area contributed by atoms with Gasteiger partial charge in [-0.05, 0) is 20.4 Å². The predicted molar refractivity (Wildman–Crippen MR) is 64.3 cm³/mol. The normalized spacial score (nSPS) is 26.1. The van der Waals surface area contributed by atoms with Crippen LogP contribution >= 0.6 is 11.8 Å². The van der Waals surface area contributed by atoms with Gasteiger partial charge in [-0.3, -0.25) is 11.3 Å². The van der Waals surface area contributed by atoms with Crippen LogP contribution < -0.4 is 11.3 Å². The molecule has 0 spiro atoms. The molecule has 3 nitrogen and oxygen atoms in total. The van der Waals surface area contributed by atoms with E-state index in [1.165, 1.54) is 17.1 Å². The topological polar surface area (TPSA) is 41.3 Å². The lowest BCUT2D eigenvalue weighted by atomic mass is 10.0. The van der Waals surface area contributed by atoms with Crippen molar-refractivity contribution >= 4 is 11.8 Å². The summed E-state index contributed by atoms with van der Waals surface area (Å²) >= 11 is 2.01. The molecule has 0 saturated carbocycles. The maximum atomic E-state index is 5.59. The molecule has 1 saturated heterocycles. The zero-order valence-electron chi connectivity index (χ0n) is 9.12. The van der Waals surface area contributed by atoms with E-state index in [9.17, 15) is 0 Å². The Balaban J connectivity index is 2.52. The molecular formula is C10H21N3S. The van der Waals surface area contributed by atoms with Crippen molar-refractivity contribution < 1.29 is 0 Å². The first-order chi connectivity index (χ1) is 6.65. The Morgan fingerprint density at radius 1 is 1.79 bits per heavy atom. The second-order valence-electron chi connectivity index (χ2n) is 4.06. The van der Waals surface area contributed by atoms with E-state index in [0.717, 1.165) is 13.0 Å². The highest BCUT2D eigenvalue weighted by Gasteiger charge is 2.26. The van der Waals surface area contributed by atoms with E-state index in [4.69, 9.17) is 5.84 Å². The van der Waals surface area contributed by atoms with Crippen molar-refractivity contribution in [1.29, 1.82) is 0 Å². The van der Waals surface area contributed by atoms with Crippen molar-refractivity contribution in [2.24, 2.45) is 5.84 Å². The van der Waals surface area contributed by atoms with Crippen LogP contribution in [0.1, 0.15) is 13.3 Å². The molecule has 0 aliphatic carbocycles. The zero-order chi connectivity index (χ0) is 10.6. The number of thioether (sulfide) groups is 1. The van der Waals surface area contributed by atoms with Crippen molar-refractivity contribution in [3.63, 3.8) is 0 Å². The molecule has 82 valence electrons. The van der Waals surface area contributed by atoms with Crippen LogP contribution in [0.4, 0.5) is 0 Å². The number of hydrogen-bond acceptors (Lipinski definition) is 4. The van der Waals surface area contributed by atoms with Crippen LogP contribution in [0.5, 0.6) is 0 Å². The largest absolute Gasteiger partial charge is 0.300 e. The third-order valence-electron chi connectivity index (χ3n) is 2.69. The number of nitrogens with zero attached hydrogens (tertiary/aromatic N) is 1. The summed E-state index contributed by atoms with van der Waals surface area (Å²) in [6.45, 7) is 7.15. The van der Waals surface area contributed by atoms with E-state index in [2.05, 4.69) is 30.9 Å². The van der Waals surface area contributed by atoms with Crippen molar-refractivity contribution in [3.05, 3.63) is 12.2 Å². The summed E-state index contributed by atoms with van der Waals surface area (Å²) < 4.78 is 0. The average Bonchev–Trinajstić information content (AvgIpc) is 2.15. The van der Waals surface area contributed by atoms with Gasteiger partial charge in [-0.1, -0.05) is 5.57 Å². The lowest BCUT2D eigenvalue weighted by molar-refractivity contribution is 0.214. The molecule has 3 N–H and O–H groups in total. The van der Waals surface area contributed by atoms with Gasteiger partial charge in [0.2, 0.25) is 0 Å². The van der Waals surface area contributed by atoms with Gasteiger partial charge in [0.05, 0.1) is 0 Å². The predicted octanol–water partition coefficient (Wildman–Crippen LogP) is 0.832. The zero-order valence-corrected chi connectivity index (χ0v) is 9.94. The Morgan fingerprint density at radius 3 is 3.00 bits per heavy atom. The number of hydrogen-bond donors (Lipinski definition) is 2. The summed E-state index contributed by atoms with van der Waals surface area (Å²) in [6, 6.07) is 0.876. The monoisotopic (exact) mass is 215 g/mol. The molecule has 0 bridgehead atoms. The van der Waals surface area contributed by atoms with Gasteiger partial charge in [-0.15, -0.1) is 6.58 Å². The van der Waals surface area contributed by atoms with Crippen LogP contribution in [0.15, 0.2) is 12.2 Å². The first kappa shape index (κ1) is 12.0. The summed E-state index contributed by atoms with van der Waals surface area (Å²) in [5.74, 6) is 7.99. The number of rotatable bonds is 4. The van der Waals surface area contributed by atoms with Gasteiger partial charge in [0.15, 0.2) is 0 Å². The number of likely N-dealkylation sites (N-methyl/N-ethyl adjacent to an activating group) is 1. The first-order valence-electron chi connectivity index (χ1n) is 5.03. The van der Waals surface area contributed by atoms with Crippen LogP contribution in [0, 0.1) is 0 Å². The lowest BCUT2D eigenvalue weighted by Crippen LogP contribution is -2.54. The second kappa shape index (κ2) is 5.75. The minimum absolute atomic E-state index is 0.338. The number of nitrogens with two attached hydrogens (primary N) is 1. The molecule has 1 heterocycles. The fraction of sp³-hybridized carbons (Fsp3) is 0.800. The van der Waals surface area contributed by atoms with Crippen LogP contribution in [-0.2, 0) is 0 Å². The molecule has 14 heavy (non-hydrogen) atoms. The summed E-state index contributed by atoms with van der Waals surface area (Å²) in [5, 5.41) is 0. The Kier molecular flexibility index (Phi) is 4.95. The molecule has 1 fully saturated rings. The van der Waals surface area contributed by atoms with Gasteiger partial charge >= 0.3 is 0 Å². The standard InChI is InChI=1S/C10H21N3S/c1-8(2)6-9(12-11)10-7-14-5-4-13(10)3/h9-10,12H,1,4-7,11H2,2-3H3. The molecule has 0 radical (unpaired) electrons. The first-order valence-corrected chi connectivity index (χ1v) is 6.19. The fourth-order valence-electron chi connectivity index (χ4n) is 1.81. The minimum Gasteiger partial charge on any atom is -0.300 e. The van der Waals surface area contributed by atoms with E-state index in [0.29, 0.717) is 12.1 Å². The van der Waals surface area contributed by atoms with E-state index < -0.39 is 0 Å².